The third kappa shape index (κ3) is 3.47. The SMILES string of the molecule is Cc1ccc(N(CCC(=O)O)C2CCOC2C)cc1. The molecule has 0 bridgehead atoms. The van der Waals surface area contributed by atoms with Crippen molar-refractivity contribution in [3.63, 3.8) is 0 Å². The number of hydrogen-bond donors (Lipinski definition) is 1. The molecule has 2 rings (SSSR count). The Kier molecular flexibility index (Phi) is 4.43. The van der Waals surface area contributed by atoms with Gasteiger partial charge in [0.1, 0.15) is 0 Å². The van der Waals surface area contributed by atoms with Crippen LogP contribution in [-0.4, -0.2) is 36.4 Å². The van der Waals surface area contributed by atoms with E-state index in [1.807, 2.05) is 6.92 Å². The molecule has 0 amide bonds. The van der Waals surface area contributed by atoms with Crippen LogP contribution < -0.4 is 4.90 Å². The average Bonchev–Trinajstić information content (AvgIpc) is 2.78. The minimum atomic E-state index is -0.760. The molecule has 0 saturated carbocycles. The maximum Gasteiger partial charge on any atom is 0.305 e. The van der Waals surface area contributed by atoms with Gasteiger partial charge in [0.2, 0.25) is 0 Å². The zero-order valence-corrected chi connectivity index (χ0v) is 11.5. The molecule has 0 spiro atoms. The Morgan fingerprint density at radius 2 is 2.11 bits per heavy atom. The van der Waals surface area contributed by atoms with Crippen LogP contribution in [0, 0.1) is 6.92 Å². The predicted molar refractivity (Wildman–Crippen MR) is 74.6 cm³/mol. The summed E-state index contributed by atoms with van der Waals surface area (Å²) in [5, 5.41) is 8.90. The Morgan fingerprint density at radius 3 is 2.63 bits per heavy atom. The molecule has 1 heterocycles. The normalized spacial score (nSPS) is 22.4. The quantitative estimate of drug-likeness (QED) is 0.886. The van der Waals surface area contributed by atoms with Crippen LogP contribution in [0.15, 0.2) is 24.3 Å². The molecule has 1 aliphatic heterocycles. The third-order valence-electron chi connectivity index (χ3n) is 3.67. The lowest BCUT2D eigenvalue weighted by Gasteiger charge is -2.32. The van der Waals surface area contributed by atoms with Crippen LogP contribution in [0.25, 0.3) is 0 Å². The molecule has 0 aromatic heterocycles. The van der Waals surface area contributed by atoms with Gasteiger partial charge in [-0.2, -0.15) is 0 Å². The van der Waals surface area contributed by atoms with E-state index in [4.69, 9.17) is 9.84 Å². The Bertz CT molecular complexity index is 430. The van der Waals surface area contributed by atoms with Crippen molar-refractivity contribution in [2.45, 2.75) is 38.8 Å². The fourth-order valence-corrected chi connectivity index (χ4v) is 2.57. The van der Waals surface area contributed by atoms with Gasteiger partial charge in [0.25, 0.3) is 0 Å². The second kappa shape index (κ2) is 6.06. The standard InChI is InChI=1S/C15H21NO3/c1-11-3-5-13(6-4-11)16(9-7-15(17)18)14-8-10-19-12(14)2/h3-6,12,14H,7-10H2,1-2H3,(H,17,18). The summed E-state index contributed by atoms with van der Waals surface area (Å²) in [6, 6.07) is 8.50. The molecule has 1 aliphatic rings. The zero-order chi connectivity index (χ0) is 13.8. The molecule has 104 valence electrons. The highest BCUT2D eigenvalue weighted by molar-refractivity contribution is 5.67. The van der Waals surface area contributed by atoms with E-state index >= 15 is 0 Å². The van der Waals surface area contributed by atoms with Crippen LogP contribution in [0.2, 0.25) is 0 Å². The number of aryl methyl sites for hydroxylation is 1. The number of carbonyl (C=O) groups is 1. The highest BCUT2D eigenvalue weighted by atomic mass is 16.5. The van der Waals surface area contributed by atoms with Crippen LogP contribution in [-0.2, 0) is 9.53 Å². The highest BCUT2D eigenvalue weighted by Crippen LogP contribution is 2.26. The fraction of sp³-hybridized carbons (Fsp3) is 0.533. The largest absolute Gasteiger partial charge is 0.481 e. The number of hydrogen-bond acceptors (Lipinski definition) is 3. The van der Waals surface area contributed by atoms with Crippen LogP contribution in [0.1, 0.15) is 25.3 Å². The summed E-state index contributed by atoms with van der Waals surface area (Å²) in [6.07, 6.45) is 1.25. The van der Waals surface area contributed by atoms with Crippen molar-refractivity contribution in [3.8, 4) is 0 Å². The molecule has 1 aromatic carbocycles. The number of aliphatic carboxylic acids is 1. The van der Waals surface area contributed by atoms with E-state index in [2.05, 4.69) is 36.1 Å². The lowest BCUT2D eigenvalue weighted by molar-refractivity contribution is -0.136. The Balaban J connectivity index is 2.17. The van der Waals surface area contributed by atoms with Gasteiger partial charge in [-0.3, -0.25) is 4.79 Å². The molecule has 1 aromatic rings. The summed E-state index contributed by atoms with van der Waals surface area (Å²) in [7, 11) is 0. The average molecular weight is 263 g/mol. The molecule has 4 nitrogen and oxygen atoms in total. The topological polar surface area (TPSA) is 49.8 Å². The van der Waals surface area contributed by atoms with E-state index in [9.17, 15) is 4.79 Å². The van der Waals surface area contributed by atoms with Gasteiger partial charge in [0.15, 0.2) is 0 Å². The van der Waals surface area contributed by atoms with Crippen LogP contribution >= 0.6 is 0 Å². The molecule has 1 saturated heterocycles. The molecular formula is C15H21NO3. The Labute approximate surface area is 114 Å². The molecule has 0 radical (unpaired) electrons. The molecule has 1 fully saturated rings. The van der Waals surface area contributed by atoms with Crippen LogP contribution in [0.3, 0.4) is 0 Å². The number of nitrogens with zero attached hydrogens (tertiary/aromatic N) is 1. The van der Waals surface area contributed by atoms with Crippen molar-refractivity contribution in [1.82, 2.24) is 0 Å². The lowest BCUT2D eigenvalue weighted by atomic mass is 10.1. The summed E-state index contributed by atoms with van der Waals surface area (Å²) in [4.78, 5) is 13.0. The number of benzene rings is 1. The van der Waals surface area contributed by atoms with E-state index in [-0.39, 0.29) is 18.6 Å². The first-order chi connectivity index (χ1) is 9.08. The molecular weight excluding hydrogens is 242 g/mol. The van der Waals surface area contributed by atoms with Crippen molar-refractivity contribution >= 4 is 11.7 Å². The third-order valence-corrected chi connectivity index (χ3v) is 3.67. The first-order valence-electron chi connectivity index (χ1n) is 6.74. The first kappa shape index (κ1) is 13.9. The van der Waals surface area contributed by atoms with E-state index in [0.29, 0.717) is 6.54 Å². The zero-order valence-electron chi connectivity index (χ0n) is 11.5. The van der Waals surface area contributed by atoms with Gasteiger partial charge in [-0.1, -0.05) is 17.7 Å². The van der Waals surface area contributed by atoms with Crippen LogP contribution in [0.4, 0.5) is 5.69 Å². The molecule has 2 atom stereocenters. The molecule has 1 N–H and O–H groups in total. The summed E-state index contributed by atoms with van der Waals surface area (Å²) in [5.41, 5.74) is 2.28. The van der Waals surface area contributed by atoms with E-state index in [1.54, 1.807) is 0 Å². The fourth-order valence-electron chi connectivity index (χ4n) is 2.57. The number of carboxylic acid groups (broad SMARTS) is 1. The second-order valence-corrected chi connectivity index (χ2v) is 5.10. The summed E-state index contributed by atoms with van der Waals surface area (Å²) < 4.78 is 5.61. The van der Waals surface area contributed by atoms with Gasteiger partial charge >= 0.3 is 5.97 Å². The summed E-state index contributed by atoms with van der Waals surface area (Å²) in [6.45, 7) is 5.38. The van der Waals surface area contributed by atoms with Gasteiger partial charge in [0, 0.05) is 18.8 Å². The van der Waals surface area contributed by atoms with Crippen molar-refractivity contribution in [1.29, 1.82) is 0 Å². The highest BCUT2D eigenvalue weighted by Gasteiger charge is 2.30. The van der Waals surface area contributed by atoms with Gasteiger partial charge in [-0.05, 0) is 32.4 Å². The molecule has 4 heteroatoms. The van der Waals surface area contributed by atoms with Gasteiger partial charge in [0.05, 0.1) is 18.6 Å². The number of rotatable bonds is 5. The first-order valence-corrected chi connectivity index (χ1v) is 6.74. The number of anilines is 1. The minimum Gasteiger partial charge on any atom is -0.481 e. The van der Waals surface area contributed by atoms with E-state index < -0.39 is 5.97 Å². The second-order valence-electron chi connectivity index (χ2n) is 5.10. The van der Waals surface area contributed by atoms with Gasteiger partial charge < -0.3 is 14.7 Å². The van der Waals surface area contributed by atoms with Crippen molar-refractivity contribution in [2.75, 3.05) is 18.1 Å². The maximum atomic E-state index is 10.8. The summed E-state index contributed by atoms with van der Waals surface area (Å²) in [5.74, 6) is -0.760. The van der Waals surface area contributed by atoms with Crippen LogP contribution in [0.5, 0.6) is 0 Å². The predicted octanol–water partition coefficient (Wildman–Crippen LogP) is 2.45. The lowest BCUT2D eigenvalue weighted by Crippen LogP contribution is -2.41. The van der Waals surface area contributed by atoms with Crippen molar-refractivity contribution in [3.05, 3.63) is 29.8 Å². The summed E-state index contributed by atoms with van der Waals surface area (Å²) >= 11 is 0. The molecule has 0 aliphatic carbocycles. The van der Waals surface area contributed by atoms with Crippen molar-refractivity contribution < 1.29 is 14.6 Å². The smallest absolute Gasteiger partial charge is 0.305 e. The van der Waals surface area contributed by atoms with Gasteiger partial charge in [-0.25, -0.2) is 0 Å². The molecule has 2 unspecified atom stereocenters. The Morgan fingerprint density at radius 1 is 1.42 bits per heavy atom. The van der Waals surface area contributed by atoms with E-state index in [0.717, 1.165) is 18.7 Å². The van der Waals surface area contributed by atoms with Crippen molar-refractivity contribution in [2.24, 2.45) is 0 Å². The number of ether oxygens (including phenoxy) is 1. The Hall–Kier alpha value is -1.55. The molecule has 19 heavy (non-hydrogen) atoms. The number of carboxylic acids is 1. The minimum absolute atomic E-state index is 0.148. The van der Waals surface area contributed by atoms with E-state index in [1.165, 1.54) is 5.56 Å². The van der Waals surface area contributed by atoms with Gasteiger partial charge in [-0.15, -0.1) is 0 Å². The maximum absolute atomic E-state index is 10.8. The monoisotopic (exact) mass is 263 g/mol.